The van der Waals surface area contributed by atoms with Crippen molar-refractivity contribution in [1.29, 1.82) is 0 Å². The maximum Gasteiger partial charge on any atom is 0.275 e. The lowest BCUT2D eigenvalue weighted by Crippen LogP contribution is -2.30. The van der Waals surface area contributed by atoms with Gasteiger partial charge in [0, 0.05) is 23.9 Å². The molecular weight excluding hydrogens is 256 g/mol. The molecular formula is C15H24N2O3. The number of nitro benzene ring substituents is 1. The Labute approximate surface area is 120 Å². The number of nitrogens with zero attached hydrogens (tertiary/aromatic N) is 1. The van der Waals surface area contributed by atoms with Crippen LogP contribution in [0.4, 0.5) is 11.4 Å². The molecule has 1 N–H and O–H groups in total. The van der Waals surface area contributed by atoms with Gasteiger partial charge in [0.25, 0.3) is 5.69 Å². The van der Waals surface area contributed by atoms with Crippen molar-refractivity contribution in [2.45, 2.75) is 47.1 Å². The SMILES string of the molecule is CCCOc1cc(NC(C)C(C)(C)C)cc([N+](=O)[O-])c1. The van der Waals surface area contributed by atoms with Crippen molar-refractivity contribution < 1.29 is 9.66 Å². The Balaban J connectivity index is 2.99. The Hall–Kier alpha value is -1.78. The van der Waals surface area contributed by atoms with Gasteiger partial charge in [-0.25, -0.2) is 0 Å². The van der Waals surface area contributed by atoms with Gasteiger partial charge in [-0.15, -0.1) is 0 Å². The zero-order chi connectivity index (χ0) is 15.3. The molecule has 0 radical (unpaired) electrons. The molecule has 1 aromatic carbocycles. The third-order valence-electron chi connectivity index (χ3n) is 3.26. The third kappa shape index (κ3) is 4.72. The number of hydrogen-bond donors (Lipinski definition) is 1. The third-order valence-corrected chi connectivity index (χ3v) is 3.26. The summed E-state index contributed by atoms with van der Waals surface area (Å²) in [4.78, 5) is 10.6. The van der Waals surface area contributed by atoms with Crippen LogP contribution in [-0.2, 0) is 0 Å². The molecule has 1 rings (SSSR count). The van der Waals surface area contributed by atoms with E-state index in [0.29, 0.717) is 18.0 Å². The van der Waals surface area contributed by atoms with Crippen molar-refractivity contribution in [3.05, 3.63) is 28.3 Å². The number of ether oxygens (including phenoxy) is 1. The minimum atomic E-state index is -0.397. The van der Waals surface area contributed by atoms with Crippen molar-refractivity contribution >= 4 is 11.4 Å². The van der Waals surface area contributed by atoms with Gasteiger partial charge in [-0.05, 0) is 18.8 Å². The van der Waals surface area contributed by atoms with Crippen molar-refractivity contribution in [2.24, 2.45) is 5.41 Å². The van der Waals surface area contributed by atoms with Crippen molar-refractivity contribution in [2.75, 3.05) is 11.9 Å². The molecule has 0 aliphatic heterocycles. The molecule has 1 atom stereocenters. The van der Waals surface area contributed by atoms with E-state index in [2.05, 4.69) is 33.0 Å². The van der Waals surface area contributed by atoms with Crippen LogP contribution in [0.25, 0.3) is 0 Å². The summed E-state index contributed by atoms with van der Waals surface area (Å²) in [6.07, 6.45) is 0.865. The first-order valence-electron chi connectivity index (χ1n) is 6.93. The molecule has 0 fully saturated rings. The standard InChI is InChI=1S/C15H24N2O3/c1-6-7-20-14-9-12(8-13(10-14)17(18)19)16-11(2)15(3,4)5/h8-11,16H,6-7H2,1-5H3. The highest BCUT2D eigenvalue weighted by atomic mass is 16.6. The predicted octanol–water partition coefficient (Wildman–Crippen LogP) is 4.23. The second-order valence-corrected chi connectivity index (χ2v) is 6.05. The lowest BCUT2D eigenvalue weighted by molar-refractivity contribution is -0.384. The van der Waals surface area contributed by atoms with Crippen molar-refractivity contribution in [1.82, 2.24) is 0 Å². The van der Waals surface area contributed by atoms with Crippen molar-refractivity contribution in [3.8, 4) is 5.75 Å². The summed E-state index contributed by atoms with van der Waals surface area (Å²) in [7, 11) is 0. The van der Waals surface area contributed by atoms with Gasteiger partial charge in [0.2, 0.25) is 0 Å². The van der Waals surface area contributed by atoms with E-state index in [1.807, 2.05) is 13.0 Å². The van der Waals surface area contributed by atoms with Gasteiger partial charge in [0.15, 0.2) is 0 Å². The normalized spacial score (nSPS) is 12.8. The molecule has 0 aliphatic carbocycles. The van der Waals surface area contributed by atoms with Gasteiger partial charge < -0.3 is 10.1 Å². The molecule has 5 nitrogen and oxygen atoms in total. The average molecular weight is 280 g/mol. The van der Waals surface area contributed by atoms with E-state index in [4.69, 9.17) is 4.74 Å². The molecule has 5 heteroatoms. The highest BCUT2D eigenvalue weighted by molar-refractivity contribution is 5.57. The summed E-state index contributed by atoms with van der Waals surface area (Å²) < 4.78 is 5.51. The van der Waals surface area contributed by atoms with Crippen LogP contribution in [0.1, 0.15) is 41.0 Å². The van der Waals surface area contributed by atoms with Gasteiger partial charge in [0.05, 0.1) is 17.6 Å². The predicted molar refractivity (Wildman–Crippen MR) is 81.4 cm³/mol. The monoisotopic (exact) mass is 280 g/mol. The Morgan fingerprint density at radius 3 is 2.50 bits per heavy atom. The van der Waals surface area contributed by atoms with Crippen molar-refractivity contribution in [3.63, 3.8) is 0 Å². The van der Waals surface area contributed by atoms with E-state index in [9.17, 15) is 10.1 Å². The summed E-state index contributed by atoms with van der Waals surface area (Å²) in [6.45, 7) is 11.0. The number of nitrogens with one attached hydrogen (secondary N) is 1. The molecule has 0 spiro atoms. The second-order valence-electron chi connectivity index (χ2n) is 6.05. The molecule has 0 saturated carbocycles. The average Bonchev–Trinajstić information content (AvgIpc) is 2.34. The summed E-state index contributed by atoms with van der Waals surface area (Å²) in [5.74, 6) is 0.532. The van der Waals surface area contributed by atoms with E-state index in [0.717, 1.165) is 6.42 Å². The number of non-ortho nitro benzene ring substituents is 1. The fourth-order valence-electron chi connectivity index (χ4n) is 1.54. The number of benzene rings is 1. The molecule has 1 aromatic rings. The number of rotatable bonds is 6. The Morgan fingerprint density at radius 2 is 2.00 bits per heavy atom. The van der Waals surface area contributed by atoms with E-state index in [1.54, 1.807) is 6.07 Å². The molecule has 0 amide bonds. The maximum absolute atomic E-state index is 11.0. The topological polar surface area (TPSA) is 64.4 Å². The van der Waals surface area contributed by atoms with Crippen LogP contribution in [0.5, 0.6) is 5.75 Å². The van der Waals surface area contributed by atoms with E-state index >= 15 is 0 Å². The van der Waals surface area contributed by atoms with Crippen LogP contribution in [0, 0.1) is 15.5 Å². The summed E-state index contributed by atoms with van der Waals surface area (Å²) in [6, 6.07) is 5.00. The molecule has 0 aromatic heterocycles. The Morgan fingerprint density at radius 1 is 1.35 bits per heavy atom. The Bertz CT molecular complexity index is 467. The van der Waals surface area contributed by atoms with Crippen LogP contribution < -0.4 is 10.1 Å². The smallest absolute Gasteiger partial charge is 0.275 e. The Kier molecular flexibility index (Phi) is 5.36. The fraction of sp³-hybridized carbons (Fsp3) is 0.600. The number of anilines is 1. The number of nitro groups is 1. The van der Waals surface area contributed by atoms with Crippen LogP contribution in [-0.4, -0.2) is 17.6 Å². The zero-order valence-electron chi connectivity index (χ0n) is 12.9. The van der Waals surface area contributed by atoms with Crippen LogP contribution in [0.2, 0.25) is 0 Å². The molecule has 112 valence electrons. The fourth-order valence-corrected chi connectivity index (χ4v) is 1.54. The molecule has 20 heavy (non-hydrogen) atoms. The first-order chi connectivity index (χ1) is 9.24. The molecule has 0 aliphatic rings. The maximum atomic E-state index is 11.0. The van der Waals surface area contributed by atoms with Gasteiger partial charge >= 0.3 is 0 Å². The quantitative estimate of drug-likeness (QED) is 0.625. The number of hydrogen-bond acceptors (Lipinski definition) is 4. The molecule has 1 unspecified atom stereocenters. The highest BCUT2D eigenvalue weighted by Crippen LogP contribution is 2.29. The van der Waals surface area contributed by atoms with Gasteiger partial charge in [-0.2, -0.15) is 0 Å². The summed E-state index contributed by atoms with van der Waals surface area (Å²) >= 11 is 0. The van der Waals surface area contributed by atoms with Crippen LogP contribution in [0.3, 0.4) is 0 Å². The van der Waals surface area contributed by atoms with E-state index in [1.165, 1.54) is 6.07 Å². The lowest BCUT2D eigenvalue weighted by atomic mass is 9.88. The van der Waals surface area contributed by atoms with E-state index < -0.39 is 4.92 Å². The molecule has 0 saturated heterocycles. The summed E-state index contributed by atoms with van der Waals surface area (Å²) in [5, 5.41) is 14.3. The minimum Gasteiger partial charge on any atom is -0.493 e. The largest absolute Gasteiger partial charge is 0.493 e. The molecule has 0 heterocycles. The second kappa shape index (κ2) is 6.59. The van der Waals surface area contributed by atoms with Crippen LogP contribution >= 0.6 is 0 Å². The first kappa shape index (κ1) is 16.3. The lowest BCUT2D eigenvalue weighted by Gasteiger charge is -2.29. The van der Waals surface area contributed by atoms with E-state index in [-0.39, 0.29) is 17.1 Å². The van der Waals surface area contributed by atoms with Crippen LogP contribution in [0.15, 0.2) is 18.2 Å². The summed E-state index contributed by atoms with van der Waals surface area (Å²) in [5.41, 5.74) is 0.824. The van der Waals surface area contributed by atoms with Gasteiger partial charge in [-0.1, -0.05) is 27.7 Å². The van der Waals surface area contributed by atoms with Gasteiger partial charge in [-0.3, -0.25) is 10.1 Å². The first-order valence-corrected chi connectivity index (χ1v) is 6.93. The van der Waals surface area contributed by atoms with Gasteiger partial charge in [0.1, 0.15) is 5.75 Å². The zero-order valence-corrected chi connectivity index (χ0v) is 12.9. The highest BCUT2D eigenvalue weighted by Gasteiger charge is 2.21. The molecule has 0 bridgehead atoms. The minimum absolute atomic E-state index is 0.0437.